The highest BCUT2D eigenvalue weighted by Gasteiger charge is 2.09. The maximum Gasteiger partial charge on any atom is 0.225 e. The summed E-state index contributed by atoms with van der Waals surface area (Å²) in [6.07, 6.45) is 2.25. The number of carbonyl (C=O) groups is 1. The lowest BCUT2D eigenvalue weighted by Crippen LogP contribution is -2.26. The first-order chi connectivity index (χ1) is 7.63. The highest BCUT2D eigenvalue weighted by Crippen LogP contribution is 2.21. The summed E-state index contributed by atoms with van der Waals surface area (Å²) in [6.45, 7) is 2.06. The van der Waals surface area contributed by atoms with E-state index in [0.29, 0.717) is 6.42 Å². The van der Waals surface area contributed by atoms with Crippen molar-refractivity contribution in [2.24, 2.45) is 5.73 Å². The van der Waals surface area contributed by atoms with E-state index in [-0.39, 0.29) is 11.9 Å². The Bertz CT molecular complexity index is 355. The van der Waals surface area contributed by atoms with Crippen molar-refractivity contribution >= 4 is 27.5 Å². The Balaban J connectivity index is 2.49. The van der Waals surface area contributed by atoms with Crippen LogP contribution in [0.4, 0.5) is 5.69 Å². The zero-order valence-corrected chi connectivity index (χ0v) is 11.0. The van der Waals surface area contributed by atoms with Crippen LogP contribution in [0, 0.1) is 0 Å². The van der Waals surface area contributed by atoms with Crippen LogP contribution in [0.5, 0.6) is 0 Å². The SMILES string of the molecule is CCCC(N)CC(=O)Nc1ccccc1Br. The van der Waals surface area contributed by atoms with Crippen LogP contribution in [0.1, 0.15) is 26.2 Å². The van der Waals surface area contributed by atoms with E-state index in [0.717, 1.165) is 23.0 Å². The Morgan fingerprint density at radius 3 is 2.81 bits per heavy atom. The molecule has 0 aliphatic carbocycles. The standard InChI is InChI=1S/C12H17BrN2O/c1-2-5-9(14)8-12(16)15-11-7-4-3-6-10(11)13/h3-4,6-7,9H,2,5,8,14H2,1H3,(H,15,16). The first-order valence-corrected chi connectivity index (χ1v) is 6.22. The summed E-state index contributed by atoms with van der Waals surface area (Å²) in [5, 5.41) is 2.83. The van der Waals surface area contributed by atoms with Gasteiger partial charge in [0, 0.05) is 16.9 Å². The lowest BCUT2D eigenvalue weighted by Gasteiger charge is -2.11. The van der Waals surface area contributed by atoms with E-state index in [4.69, 9.17) is 5.73 Å². The van der Waals surface area contributed by atoms with E-state index >= 15 is 0 Å². The second kappa shape index (κ2) is 6.66. The number of nitrogens with two attached hydrogens (primary N) is 1. The van der Waals surface area contributed by atoms with Gasteiger partial charge in [-0.05, 0) is 34.5 Å². The predicted molar refractivity (Wildman–Crippen MR) is 70.3 cm³/mol. The van der Waals surface area contributed by atoms with E-state index in [1.165, 1.54) is 0 Å². The van der Waals surface area contributed by atoms with Crippen LogP contribution in [0.15, 0.2) is 28.7 Å². The Kier molecular flexibility index (Phi) is 5.49. The Morgan fingerprint density at radius 1 is 1.50 bits per heavy atom. The van der Waals surface area contributed by atoms with Gasteiger partial charge in [-0.15, -0.1) is 0 Å². The van der Waals surface area contributed by atoms with Crippen molar-refractivity contribution < 1.29 is 4.79 Å². The number of halogens is 1. The molecule has 1 rings (SSSR count). The summed E-state index contributed by atoms with van der Waals surface area (Å²) < 4.78 is 0.882. The zero-order chi connectivity index (χ0) is 12.0. The van der Waals surface area contributed by atoms with Crippen LogP contribution >= 0.6 is 15.9 Å². The number of anilines is 1. The van der Waals surface area contributed by atoms with Gasteiger partial charge in [0.2, 0.25) is 5.91 Å². The number of para-hydroxylation sites is 1. The van der Waals surface area contributed by atoms with Crippen molar-refractivity contribution in [1.29, 1.82) is 0 Å². The molecule has 0 saturated heterocycles. The predicted octanol–water partition coefficient (Wildman–Crippen LogP) is 2.91. The summed E-state index contributed by atoms with van der Waals surface area (Å²) in [7, 11) is 0. The highest BCUT2D eigenvalue weighted by atomic mass is 79.9. The molecule has 0 bridgehead atoms. The zero-order valence-electron chi connectivity index (χ0n) is 9.37. The maximum atomic E-state index is 11.6. The lowest BCUT2D eigenvalue weighted by molar-refractivity contribution is -0.116. The third-order valence-electron chi connectivity index (χ3n) is 2.25. The molecule has 0 fully saturated rings. The first kappa shape index (κ1) is 13.2. The largest absolute Gasteiger partial charge is 0.327 e. The molecule has 4 heteroatoms. The van der Waals surface area contributed by atoms with Crippen molar-refractivity contribution in [3.8, 4) is 0 Å². The fourth-order valence-corrected chi connectivity index (χ4v) is 1.86. The second-order valence-electron chi connectivity index (χ2n) is 3.78. The molecule has 1 amide bonds. The van der Waals surface area contributed by atoms with Gasteiger partial charge in [-0.1, -0.05) is 25.5 Å². The molecule has 1 atom stereocenters. The van der Waals surface area contributed by atoms with Crippen molar-refractivity contribution in [3.63, 3.8) is 0 Å². The van der Waals surface area contributed by atoms with Crippen LogP contribution in [0.25, 0.3) is 0 Å². The summed E-state index contributed by atoms with van der Waals surface area (Å²) >= 11 is 3.38. The van der Waals surface area contributed by atoms with E-state index in [1.54, 1.807) is 0 Å². The second-order valence-corrected chi connectivity index (χ2v) is 4.64. The molecule has 0 aliphatic rings. The topological polar surface area (TPSA) is 55.1 Å². The van der Waals surface area contributed by atoms with Gasteiger partial charge in [0.25, 0.3) is 0 Å². The van der Waals surface area contributed by atoms with Gasteiger partial charge in [-0.25, -0.2) is 0 Å². The number of nitrogens with one attached hydrogen (secondary N) is 1. The molecule has 88 valence electrons. The first-order valence-electron chi connectivity index (χ1n) is 5.43. The van der Waals surface area contributed by atoms with Gasteiger partial charge in [0.1, 0.15) is 0 Å². The average molecular weight is 285 g/mol. The van der Waals surface area contributed by atoms with Crippen molar-refractivity contribution in [2.75, 3.05) is 5.32 Å². The van der Waals surface area contributed by atoms with E-state index < -0.39 is 0 Å². The fraction of sp³-hybridized carbons (Fsp3) is 0.417. The van der Waals surface area contributed by atoms with Gasteiger partial charge in [-0.3, -0.25) is 4.79 Å². The highest BCUT2D eigenvalue weighted by molar-refractivity contribution is 9.10. The molecule has 0 aliphatic heterocycles. The molecule has 0 spiro atoms. The molecule has 1 unspecified atom stereocenters. The molecule has 0 saturated carbocycles. The summed E-state index contributed by atoms with van der Waals surface area (Å²) in [4.78, 5) is 11.6. The molecule has 3 N–H and O–H groups in total. The molecule has 1 aromatic rings. The Hall–Kier alpha value is -0.870. The van der Waals surface area contributed by atoms with Crippen LogP contribution in [-0.4, -0.2) is 11.9 Å². The molecule has 0 radical (unpaired) electrons. The third-order valence-corrected chi connectivity index (χ3v) is 2.95. The smallest absolute Gasteiger partial charge is 0.225 e. The minimum Gasteiger partial charge on any atom is -0.327 e. The fourth-order valence-electron chi connectivity index (χ4n) is 1.47. The Labute approximate surface area is 105 Å². The van der Waals surface area contributed by atoms with Gasteiger partial charge < -0.3 is 11.1 Å². The van der Waals surface area contributed by atoms with Gasteiger partial charge in [0.15, 0.2) is 0 Å². The minimum atomic E-state index is -0.0486. The Morgan fingerprint density at radius 2 is 2.19 bits per heavy atom. The molecule has 1 aromatic carbocycles. The van der Waals surface area contributed by atoms with E-state index in [1.807, 2.05) is 24.3 Å². The van der Waals surface area contributed by atoms with E-state index in [9.17, 15) is 4.79 Å². The van der Waals surface area contributed by atoms with Crippen molar-refractivity contribution in [2.45, 2.75) is 32.2 Å². The third kappa shape index (κ3) is 4.33. The summed E-state index contributed by atoms with van der Waals surface area (Å²) in [6, 6.07) is 7.48. The number of carbonyl (C=O) groups excluding carboxylic acids is 1. The van der Waals surface area contributed by atoms with Gasteiger partial charge >= 0.3 is 0 Å². The van der Waals surface area contributed by atoms with Gasteiger partial charge in [0.05, 0.1) is 5.69 Å². The van der Waals surface area contributed by atoms with Gasteiger partial charge in [-0.2, -0.15) is 0 Å². The van der Waals surface area contributed by atoms with Crippen LogP contribution in [-0.2, 0) is 4.79 Å². The lowest BCUT2D eigenvalue weighted by atomic mass is 10.1. The molecule has 3 nitrogen and oxygen atoms in total. The molecule has 0 heterocycles. The monoisotopic (exact) mass is 284 g/mol. The molecule has 16 heavy (non-hydrogen) atoms. The normalized spacial score (nSPS) is 12.2. The quantitative estimate of drug-likeness (QED) is 0.874. The van der Waals surface area contributed by atoms with Crippen LogP contribution in [0.3, 0.4) is 0 Å². The summed E-state index contributed by atoms with van der Waals surface area (Å²) in [5.41, 5.74) is 6.59. The molecule has 0 aromatic heterocycles. The van der Waals surface area contributed by atoms with Crippen LogP contribution in [0.2, 0.25) is 0 Å². The van der Waals surface area contributed by atoms with Crippen LogP contribution < -0.4 is 11.1 Å². The maximum absolute atomic E-state index is 11.6. The number of amides is 1. The molecular weight excluding hydrogens is 268 g/mol. The minimum absolute atomic E-state index is 0.0344. The number of hydrogen-bond donors (Lipinski definition) is 2. The number of rotatable bonds is 5. The number of hydrogen-bond acceptors (Lipinski definition) is 2. The molecular formula is C12H17BrN2O. The number of benzene rings is 1. The summed E-state index contributed by atoms with van der Waals surface area (Å²) in [5.74, 6) is -0.0344. The van der Waals surface area contributed by atoms with Crippen molar-refractivity contribution in [1.82, 2.24) is 0 Å². The average Bonchev–Trinajstić information content (AvgIpc) is 2.21. The van der Waals surface area contributed by atoms with E-state index in [2.05, 4.69) is 28.2 Å². The van der Waals surface area contributed by atoms with Crippen molar-refractivity contribution in [3.05, 3.63) is 28.7 Å².